The lowest BCUT2D eigenvalue weighted by Crippen LogP contribution is -2.37. The van der Waals surface area contributed by atoms with Crippen molar-refractivity contribution in [3.05, 3.63) is 12.2 Å². The average Bonchev–Trinajstić information content (AvgIpc) is 2.72. The Bertz CT molecular complexity index is 183. The van der Waals surface area contributed by atoms with Gasteiger partial charge in [0.05, 0.1) is 0 Å². The van der Waals surface area contributed by atoms with Gasteiger partial charge in [-0.1, -0.05) is 25.0 Å². The molecule has 80 valence electrons. The van der Waals surface area contributed by atoms with E-state index in [1.54, 1.807) is 0 Å². The molecule has 0 saturated heterocycles. The summed E-state index contributed by atoms with van der Waals surface area (Å²) in [4.78, 5) is 2.53. The first-order valence-corrected chi connectivity index (χ1v) is 6.06. The van der Waals surface area contributed by atoms with Gasteiger partial charge in [0.2, 0.25) is 0 Å². The van der Waals surface area contributed by atoms with Gasteiger partial charge in [-0.05, 0) is 19.3 Å². The summed E-state index contributed by atoms with van der Waals surface area (Å²) in [6.45, 7) is 4.81. The summed E-state index contributed by atoms with van der Waals surface area (Å²) in [5.41, 5.74) is 0. The van der Waals surface area contributed by atoms with Crippen LogP contribution in [0.1, 0.15) is 32.1 Å². The van der Waals surface area contributed by atoms with Crippen LogP contribution in [-0.2, 0) is 0 Å². The maximum Gasteiger partial charge on any atom is 0.0163 e. The maximum atomic E-state index is 3.66. The van der Waals surface area contributed by atoms with E-state index >= 15 is 0 Å². The SMILES string of the molecule is C1=CCN(CCNC2CCCC2)CC1. The van der Waals surface area contributed by atoms with Crippen LogP contribution in [0.2, 0.25) is 0 Å². The number of hydrogen-bond acceptors (Lipinski definition) is 2. The van der Waals surface area contributed by atoms with E-state index in [1.807, 2.05) is 0 Å². The monoisotopic (exact) mass is 194 g/mol. The van der Waals surface area contributed by atoms with E-state index in [0.29, 0.717) is 0 Å². The Kier molecular flexibility index (Phi) is 4.02. The minimum Gasteiger partial charge on any atom is -0.313 e. The Labute approximate surface area is 87.4 Å². The second kappa shape index (κ2) is 5.52. The predicted octanol–water partition coefficient (Wildman–Crippen LogP) is 1.78. The lowest BCUT2D eigenvalue weighted by atomic mass is 10.2. The third-order valence-corrected chi connectivity index (χ3v) is 3.36. The summed E-state index contributed by atoms with van der Waals surface area (Å²) in [5, 5.41) is 3.66. The lowest BCUT2D eigenvalue weighted by Gasteiger charge is -2.23. The molecule has 0 atom stereocenters. The summed E-state index contributed by atoms with van der Waals surface area (Å²) >= 11 is 0. The van der Waals surface area contributed by atoms with Crippen LogP contribution in [0.25, 0.3) is 0 Å². The summed E-state index contributed by atoms with van der Waals surface area (Å²) in [6, 6.07) is 0.829. The molecular weight excluding hydrogens is 172 g/mol. The molecule has 0 bridgehead atoms. The fourth-order valence-electron chi connectivity index (χ4n) is 2.45. The van der Waals surface area contributed by atoms with E-state index in [4.69, 9.17) is 0 Å². The molecule has 1 aliphatic heterocycles. The van der Waals surface area contributed by atoms with Crippen LogP contribution in [0.3, 0.4) is 0 Å². The van der Waals surface area contributed by atoms with Crippen LogP contribution < -0.4 is 5.32 Å². The molecular formula is C12H22N2. The topological polar surface area (TPSA) is 15.3 Å². The highest BCUT2D eigenvalue weighted by molar-refractivity contribution is 4.90. The Morgan fingerprint density at radius 3 is 2.79 bits per heavy atom. The zero-order valence-corrected chi connectivity index (χ0v) is 9.04. The van der Waals surface area contributed by atoms with Crippen molar-refractivity contribution in [3.63, 3.8) is 0 Å². The third kappa shape index (κ3) is 3.10. The molecule has 0 aromatic rings. The molecule has 0 spiro atoms. The smallest absolute Gasteiger partial charge is 0.0163 e. The van der Waals surface area contributed by atoms with Crippen molar-refractivity contribution in [2.24, 2.45) is 0 Å². The standard InChI is InChI=1S/C12H22N2/c1-4-9-14(10-5-1)11-8-13-12-6-2-3-7-12/h1,4,12-13H,2-3,5-11H2. The molecule has 0 unspecified atom stereocenters. The van der Waals surface area contributed by atoms with Crippen molar-refractivity contribution < 1.29 is 0 Å². The summed E-state index contributed by atoms with van der Waals surface area (Å²) in [6.07, 6.45) is 11.5. The molecule has 0 amide bonds. The van der Waals surface area contributed by atoms with Crippen LogP contribution in [-0.4, -0.2) is 37.1 Å². The quantitative estimate of drug-likeness (QED) is 0.686. The van der Waals surface area contributed by atoms with Gasteiger partial charge in [-0.25, -0.2) is 0 Å². The third-order valence-electron chi connectivity index (χ3n) is 3.36. The Morgan fingerprint density at radius 1 is 1.21 bits per heavy atom. The van der Waals surface area contributed by atoms with E-state index in [2.05, 4.69) is 22.4 Å². The van der Waals surface area contributed by atoms with Crippen molar-refractivity contribution in [3.8, 4) is 0 Å². The molecule has 2 rings (SSSR count). The molecule has 1 N–H and O–H groups in total. The second-order valence-electron chi connectivity index (χ2n) is 4.50. The van der Waals surface area contributed by atoms with Crippen molar-refractivity contribution >= 4 is 0 Å². The van der Waals surface area contributed by atoms with Crippen molar-refractivity contribution in [2.75, 3.05) is 26.2 Å². The van der Waals surface area contributed by atoms with Crippen LogP contribution in [0.5, 0.6) is 0 Å². The van der Waals surface area contributed by atoms with Crippen molar-refractivity contribution in [1.29, 1.82) is 0 Å². The van der Waals surface area contributed by atoms with Crippen LogP contribution in [0, 0.1) is 0 Å². The van der Waals surface area contributed by atoms with E-state index in [0.717, 1.165) is 12.6 Å². The second-order valence-corrected chi connectivity index (χ2v) is 4.50. The summed E-state index contributed by atoms with van der Waals surface area (Å²) < 4.78 is 0. The average molecular weight is 194 g/mol. The van der Waals surface area contributed by atoms with Gasteiger partial charge in [0.25, 0.3) is 0 Å². The summed E-state index contributed by atoms with van der Waals surface area (Å²) in [7, 11) is 0. The van der Waals surface area contributed by atoms with Gasteiger partial charge in [0, 0.05) is 32.2 Å². The molecule has 1 fully saturated rings. The Balaban J connectivity index is 1.55. The van der Waals surface area contributed by atoms with Gasteiger partial charge in [-0.15, -0.1) is 0 Å². The normalized spacial score (nSPS) is 24.6. The molecule has 1 heterocycles. The highest BCUT2D eigenvalue weighted by Gasteiger charge is 2.14. The zero-order chi connectivity index (χ0) is 9.64. The Hall–Kier alpha value is -0.340. The first kappa shape index (κ1) is 10.2. The van der Waals surface area contributed by atoms with Crippen LogP contribution in [0.15, 0.2) is 12.2 Å². The molecule has 14 heavy (non-hydrogen) atoms. The molecule has 2 nitrogen and oxygen atoms in total. The van der Waals surface area contributed by atoms with Gasteiger partial charge in [0.1, 0.15) is 0 Å². The minimum absolute atomic E-state index is 0.829. The van der Waals surface area contributed by atoms with Gasteiger partial charge < -0.3 is 5.32 Å². The largest absolute Gasteiger partial charge is 0.313 e. The Morgan fingerprint density at radius 2 is 2.07 bits per heavy atom. The van der Waals surface area contributed by atoms with E-state index < -0.39 is 0 Å². The lowest BCUT2D eigenvalue weighted by molar-refractivity contribution is 0.291. The summed E-state index contributed by atoms with van der Waals surface area (Å²) in [5.74, 6) is 0. The first-order valence-electron chi connectivity index (χ1n) is 6.06. The van der Waals surface area contributed by atoms with Gasteiger partial charge >= 0.3 is 0 Å². The highest BCUT2D eigenvalue weighted by atomic mass is 15.1. The zero-order valence-electron chi connectivity index (χ0n) is 9.04. The maximum absolute atomic E-state index is 3.66. The molecule has 0 radical (unpaired) electrons. The molecule has 0 aromatic carbocycles. The molecule has 2 aliphatic rings. The van der Waals surface area contributed by atoms with Gasteiger partial charge in [-0.2, -0.15) is 0 Å². The fraction of sp³-hybridized carbons (Fsp3) is 0.833. The fourth-order valence-corrected chi connectivity index (χ4v) is 2.45. The first-order chi connectivity index (χ1) is 6.95. The van der Waals surface area contributed by atoms with Gasteiger partial charge in [-0.3, -0.25) is 4.90 Å². The number of hydrogen-bond donors (Lipinski definition) is 1. The van der Waals surface area contributed by atoms with Crippen LogP contribution >= 0.6 is 0 Å². The number of nitrogens with zero attached hydrogens (tertiary/aromatic N) is 1. The van der Waals surface area contributed by atoms with Gasteiger partial charge in [0.15, 0.2) is 0 Å². The van der Waals surface area contributed by atoms with E-state index in [1.165, 1.54) is 51.7 Å². The molecule has 0 aromatic heterocycles. The highest BCUT2D eigenvalue weighted by Crippen LogP contribution is 2.17. The van der Waals surface area contributed by atoms with Crippen molar-refractivity contribution in [1.82, 2.24) is 10.2 Å². The minimum atomic E-state index is 0.829. The van der Waals surface area contributed by atoms with E-state index in [9.17, 15) is 0 Å². The number of rotatable bonds is 4. The number of nitrogens with one attached hydrogen (secondary N) is 1. The molecule has 1 aliphatic carbocycles. The van der Waals surface area contributed by atoms with Crippen molar-refractivity contribution in [2.45, 2.75) is 38.1 Å². The molecule has 1 saturated carbocycles. The van der Waals surface area contributed by atoms with E-state index in [-0.39, 0.29) is 0 Å². The molecule has 2 heteroatoms. The predicted molar refractivity (Wildman–Crippen MR) is 60.5 cm³/mol. The van der Waals surface area contributed by atoms with Crippen LogP contribution in [0.4, 0.5) is 0 Å².